The second-order valence-corrected chi connectivity index (χ2v) is 6.62. The van der Waals surface area contributed by atoms with Crippen LogP contribution in [0.2, 0.25) is 0 Å². The number of para-hydroxylation sites is 1. The van der Waals surface area contributed by atoms with Crippen molar-refractivity contribution in [1.29, 1.82) is 0 Å². The third-order valence-corrected chi connectivity index (χ3v) is 4.86. The number of amides is 1. The molecule has 4 rings (SSSR count). The van der Waals surface area contributed by atoms with E-state index < -0.39 is 6.09 Å². The van der Waals surface area contributed by atoms with Gasteiger partial charge in [0, 0.05) is 49.4 Å². The van der Waals surface area contributed by atoms with Crippen molar-refractivity contribution in [2.45, 2.75) is 6.54 Å². The molecule has 2 heterocycles. The highest BCUT2D eigenvalue weighted by molar-refractivity contribution is 5.85. The van der Waals surface area contributed by atoms with Gasteiger partial charge in [-0.05, 0) is 29.8 Å². The van der Waals surface area contributed by atoms with Gasteiger partial charge in [-0.2, -0.15) is 0 Å². The topological polar surface area (TPSA) is 82.9 Å². The van der Waals surface area contributed by atoms with Crippen LogP contribution in [0.15, 0.2) is 52.9 Å². The van der Waals surface area contributed by atoms with Crippen molar-refractivity contribution in [3.63, 3.8) is 0 Å². The smallest absolute Gasteiger partial charge is 0.407 e. The monoisotopic (exact) mass is 351 g/mol. The van der Waals surface area contributed by atoms with E-state index in [-0.39, 0.29) is 0 Å². The van der Waals surface area contributed by atoms with E-state index in [1.807, 2.05) is 30.3 Å². The van der Waals surface area contributed by atoms with E-state index in [0.717, 1.165) is 47.5 Å². The fourth-order valence-electron chi connectivity index (χ4n) is 3.38. The van der Waals surface area contributed by atoms with Crippen LogP contribution in [0, 0.1) is 0 Å². The highest BCUT2D eigenvalue weighted by atomic mass is 16.4. The molecule has 1 fully saturated rings. The number of rotatable bonds is 3. The first-order valence-corrected chi connectivity index (χ1v) is 8.68. The van der Waals surface area contributed by atoms with E-state index in [9.17, 15) is 4.79 Å². The molecule has 0 spiro atoms. The molecule has 6 nitrogen and oxygen atoms in total. The summed E-state index contributed by atoms with van der Waals surface area (Å²) < 4.78 is 6.03. The quantitative estimate of drug-likeness (QED) is 0.706. The molecule has 3 N–H and O–H groups in total. The van der Waals surface area contributed by atoms with Crippen molar-refractivity contribution in [3.05, 3.63) is 54.1 Å². The average molecular weight is 351 g/mol. The lowest BCUT2D eigenvalue weighted by molar-refractivity contribution is 0.103. The predicted molar refractivity (Wildman–Crippen MR) is 101 cm³/mol. The number of hydrogen-bond donors (Lipinski definition) is 2. The molecule has 0 saturated carbocycles. The molecular formula is C20H21N3O3. The van der Waals surface area contributed by atoms with Crippen molar-refractivity contribution in [2.75, 3.05) is 31.9 Å². The normalized spacial score (nSPS) is 15.5. The van der Waals surface area contributed by atoms with Crippen LogP contribution in [-0.4, -0.2) is 47.2 Å². The van der Waals surface area contributed by atoms with E-state index in [2.05, 4.69) is 23.1 Å². The lowest BCUT2D eigenvalue weighted by Crippen LogP contribution is -2.47. The standard InChI is InChI=1S/C20H21N3O3/c21-17-4-2-1-3-16(17)19-12-15-6-5-14(11-18(15)26-19)13-22-7-9-23(10-8-22)20(24)25/h1-6,11-12H,7-10,13,21H2,(H,24,25). The number of fused-ring (bicyclic) bond motifs is 1. The minimum Gasteiger partial charge on any atom is -0.465 e. The first-order chi connectivity index (χ1) is 12.6. The zero-order valence-corrected chi connectivity index (χ0v) is 14.4. The van der Waals surface area contributed by atoms with Gasteiger partial charge in [-0.3, -0.25) is 4.90 Å². The maximum absolute atomic E-state index is 11.0. The van der Waals surface area contributed by atoms with Crippen molar-refractivity contribution in [3.8, 4) is 11.3 Å². The first kappa shape index (κ1) is 16.5. The van der Waals surface area contributed by atoms with E-state index in [4.69, 9.17) is 15.3 Å². The summed E-state index contributed by atoms with van der Waals surface area (Å²) in [5.41, 5.74) is 9.64. The molecule has 0 atom stereocenters. The highest BCUT2D eigenvalue weighted by Crippen LogP contribution is 2.31. The molecule has 6 heteroatoms. The Labute approximate surface area is 151 Å². The maximum atomic E-state index is 11.0. The Kier molecular flexibility index (Phi) is 4.26. The zero-order valence-electron chi connectivity index (χ0n) is 14.4. The summed E-state index contributed by atoms with van der Waals surface area (Å²) in [6.07, 6.45) is -0.839. The summed E-state index contributed by atoms with van der Waals surface area (Å²) in [5, 5.41) is 10.1. The van der Waals surface area contributed by atoms with E-state index in [0.29, 0.717) is 18.8 Å². The average Bonchev–Trinajstić information content (AvgIpc) is 3.05. The van der Waals surface area contributed by atoms with Crippen LogP contribution in [0.4, 0.5) is 10.5 Å². The Hall–Kier alpha value is -2.99. The van der Waals surface area contributed by atoms with Gasteiger partial charge in [0.05, 0.1) is 0 Å². The summed E-state index contributed by atoms with van der Waals surface area (Å²) in [6.45, 7) is 3.38. The Morgan fingerprint density at radius 2 is 1.85 bits per heavy atom. The lowest BCUT2D eigenvalue weighted by atomic mass is 10.1. The molecule has 0 bridgehead atoms. The van der Waals surface area contributed by atoms with Gasteiger partial charge in [-0.25, -0.2) is 4.79 Å². The van der Waals surface area contributed by atoms with Gasteiger partial charge in [0.15, 0.2) is 0 Å². The molecule has 3 aromatic rings. The van der Waals surface area contributed by atoms with Crippen molar-refractivity contribution in [2.24, 2.45) is 0 Å². The molecular weight excluding hydrogens is 330 g/mol. The number of piperazine rings is 1. The third-order valence-electron chi connectivity index (χ3n) is 4.86. The van der Waals surface area contributed by atoms with Crippen LogP contribution in [0.3, 0.4) is 0 Å². The minimum absolute atomic E-state index is 0.551. The molecule has 0 aliphatic carbocycles. The largest absolute Gasteiger partial charge is 0.465 e. The van der Waals surface area contributed by atoms with Gasteiger partial charge >= 0.3 is 6.09 Å². The first-order valence-electron chi connectivity index (χ1n) is 8.68. The van der Waals surface area contributed by atoms with Crippen LogP contribution in [-0.2, 0) is 6.54 Å². The fourth-order valence-corrected chi connectivity index (χ4v) is 3.38. The van der Waals surface area contributed by atoms with Crippen LogP contribution in [0.5, 0.6) is 0 Å². The number of furan rings is 1. The van der Waals surface area contributed by atoms with Crippen LogP contribution in [0.25, 0.3) is 22.3 Å². The summed E-state index contributed by atoms with van der Waals surface area (Å²) in [5.74, 6) is 0.769. The van der Waals surface area contributed by atoms with Gasteiger partial charge in [0.2, 0.25) is 0 Å². The van der Waals surface area contributed by atoms with E-state index in [1.165, 1.54) is 4.90 Å². The number of hydrogen-bond acceptors (Lipinski definition) is 4. The Balaban J connectivity index is 1.51. The molecule has 1 amide bonds. The number of nitrogens with zero attached hydrogens (tertiary/aromatic N) is 2. The zero-order chi connectivity index (χ0) is 18.1. The SMILES string of the molecule is Nc1ccccc1-c1cc2ccc(CN3CCN(C(=O)O)CC3)cc2o1. The molecule has 2 aromatic carbocycles. The molecule has 1 aliphatic heterocycles. The van der Waals surface area contributed by atoms with E-state index >= 15 is 0 Å². The second kappa shape index (κ2) is 6.72. The van der Waals surface area contributed by atoms with Crippen molar-refractivity contribution < 1.29 is 14.3 Å². The summed E-state index contributed by atoms with van der Waals surface area (Å²) >= 11 is 0. The third kappa shape index (κ3) is 3.23. The van der Waals surface area contributed by atoms with Crippen LogP contribution >= 0.6 is 0 Å². The highest BCUT2D eigenvalue weighted by Gasteiger charge is 2.20. The molecule has 26 heavy (non-hydrogen) atoms. The van der Waals surface area contributed by atoms with E-state index in [1.54, 1.807) is 0 Å². The van der Waals surface area contributed by atoms with Crippen LogP contribution in [0.1, 0.15) is 5.56 Å². The van der Waals surface area contributed by atoms with Crippen molar-refractivity contribution in [1.82, 2.24) is 9.80 Å². The molecule has 0 unspecified atom stereocenters. The number of nitrogen functional groups attached to an aromatic ring is 1. The maximum Gasteiger partial charge on any atom is 0.407 e. The number of carbonyl (C=O) groups is 1. The molecule has 134 valence electrons. The summed E-state index contributed by atoms with van der Waals surface area (Å²) in [4.78, 5) is 14.7. The van der Waals surface area contributed by atoms with Gasteiger partial charge in [-0.15, -0.1) is 0 Å². The Morgan fingerprint density at radius 1 is 1.08 bits per heavy atom. The number of nitrogens with two attached hydrogens (primary N) is 1. The molecule has 1 aliphatic rings. The van der Waals surface area contributed by atoms with Crippen molar-refractivity contribution >= 4 is 22.7 Å². The molecule has 1 aromatic heterocycles. The summed E-state index contributed by atoms with van der Waals surface area (Å²) in [7, 11) is 0. The number of benzene rings is 2. The molecule has 0 radical (unpaired) electrons. The Bertz CT molecular complexity index is 942. The molecule has 1 saturated heterocycles. The van der Waals surface area contributed by atoms with Gasteiger partial charge in [0.1, 0.15) is 11.3 Å². The van der Waals surface area contributed by atoms with Gasteiger partial charge in [-0.1, -0.05) is 24.3 Å². The van der Waals surface area contributed by atoms with Gasteiger partial charge < -0.3 is 20.2 Å². The number of anilines is 1. The second-order valence-electron chi connectivity index (χ2n) is 6.62. The Morgan fingerprint density at radius 3 is 2.58 bits per heavy atom. The lowest BCUT2D eigenvalue weighted by Gasteiger charge is -2.33. The van der Waals surface area contributed by atoms with Crippen LogP contribution < -0.4 is 5.73 Å². The van der Waals surface area contributed by atoms with Gasteiger partial charge in [0.25, 0.3) is 0 Å². The number of carboxylic acid groups (broad SMARTS) is 1. The predicted octanol–water partition coefficient (Wildman–Crippen LogP) is 3.48. The summed E-state index contributed by atoms with van der Waals surface area (Å²) in [6, 6.07) is 15.9. The minimum atomic E-state index is -0.839. The fraction of sp³-hybridized carbons (Fsp3) is 0.250.